The third kappa shape index (κ3) is 3.62. The fraction of sp³-hybridized carbons (Fsp3) is 0.333. The minimum Gasteiger partial charge on any atom is -0.289 e. The molecule has 0 radical (unpaired) electrons. The number of tetrazole rings is 1. The number of aryl methyl sites for hydroxylation is 1. The van der Waals surface area contributed by atoms with Gasteiger partial charge in [0, 0.05) is 11.7 Å². The van der Waals surface area contributed by atoms with Crippen molar-refractivity contribution in [2.45, 2.75) is 45.1 Å². The molecule has 1 amide bonds. The van der Waals surface area contributed by atoms with Crippen molar-refractivity contribution in [2.24, 2.45) is 0 Å². The van der Waals surface area contributed by atoms with Gasteiger partial charge in [-0.05, 0) is 60.0 Å². The van der Waals surface area contributed by atoms with E-state index in [0.29, 0.717) is 15.1 Å². The van der Waals surface area contributed by atoms with Crippen LogP contribution in [0.4, 0.5) is 19.3 Å². The second-order valence-corrected chi connectivity index (χ2v) is 7.44. The molecule has 1 aromatic heterocycles. The molecule has 0 spiro atoms. The van der Waals surface area contributed by atoms with Crippen LogP contribution < -0.4 is 10.6 Å². The lowest BCUT2D eigenvalue weighted by Gasteiger charge is -2.33. The van der Waals surface area contributed by atoms with Crippen LogP contribution in [0.15, 0.2) is 47.3 Å². The maximum atomic E-state index is 14.1. The summed E-state index contributed by atoms with van der Waals surface area (Å²) in [5.74, 6) is -1.95. The molecule has 1 aliphatic carbocycles. The zero-order valence-electron chi connectivity index (χ0n) is 16.5. The summed E-state index contributed by atoms with van der Waals surface area (Å²) >= 11 is 0. The van der Waals surface area contributed by atoms with Crippen molar-refractivity contribution in [2.75, 3.05) is 4.90 Å². The Morgan fingerprint density at radius 2 is 1.70 bits per heavy atom. The maximum Gasteiger partial charge on any atom is 0.377 e. The molecule has 7 nitrogen and oxygen atoms in total. The zero-order chi connectivity index (χ0) is 21.3. The summed E-state index contributed by atoms with van der Waals surface area (Å²) in [5, 5.41) is 7.19. The van der Waals surface area contributed by atoms with Crippen LogP contribution in [0.2, 0.25) is 0 Å². The number of carbonyl (C=O) groups is 1. The standard InChI is InChI=1S/C21H21F2N5O2/c1-14-7-5-10-16(13-14)26(15-8-3-2-4-9-15)20(29)28-21(30)27(24-25-28)19-17(22)11-6-12-18(19)23/h5-7,10-13,15H,2-4,8-9H2,1H3. The molecule has 0 saturated heterocycles. The first-order chi connectivity index (χ1) is 14.5. The second-order valence-electron chi connectivity index (χ2n) is 7.44. The molecule has 3 aromatic rings. The molecule has 1 fully saturated rings. The zero-order valence-corrected chi connectivity index (χ0v) is 16.5. The predicted octanol–water partition coefficient (Wildman–Crippen LogP) is 3.82. The van der Waals surface area contributed by atoms with E-state index in [-0.39, 0.29) is 6.04 Å². The number of aromatic nitrogens is 4. The number of hydrogen-bond donors (Lipinski definition) is 0. The Balaban J connectivity index is 1.77. The van der Waals surface area contributed by atoms with Crippen LogP contribution in [0.1, 0.15) is 37.7 Å². The highest BCUT2D eigenvalue weighted by Crippen LogP contribution is 2.28. The van der Waals surface area contributed by atoms with Gasteiger partial charge in [-0.2, -0.15) is 4.68 Å². The van der Waals surface area contributed by atoms with Gasteiger partial charge in [-0.15, -0.1) is 4.68 Å². The first-order valence-electron chi connectivity index (χ1n) is 9.87. The number of hydrogen-bond acceptors (Lipinski definition) is 4. The normalized spacial score (nSPS) is 14.6. The molecule has 0 unspecified atom stereocenters. The highest BCUT2D eigenvalue weighted by atomic mass is 19.1. The summed E-state index contributed by atoms with van der Waals surface area (Å²) in [6, 6.07) is 9.80. The fourth-order valence-corrected chi connectivity index (χ4v) is 3.89. The number of nitrogens with zero attached hydrogens (tertiary/aromatic N) is 5. The van der Waals surface area contributed by atoms with E-state index in [1.807, 2.05) is 25.1 Å². The van der Waals surface area contributed by atoms with Crippen molar-refractivity contribution < 1.29 is 13.6 Å². The van der Waals surface area contributed by atoms with E-state index in [2.05, 4.69) is 10.4 Å². The fourth-order valence-electron chi connectivity index (χ4n) is 3.89. The van der Waals surface area contributed by atoms with Crippen LogP contribution in [0, 0.1) is 18.6 Å². The van der Waals surface area contributed by atoms with Gasteiger partial charge in [-0.3, -0.25) is 4.90 Å². The summed E-state index contributed by atoms with van der Waals surface area (Å²) in [7, 11) is 0. The molecule has 0 atom stereocenters. The first kappa shape index (κ1) is 19.9. The molecule has 9 heteroatoms. The molecular formula is C21H21F2N5O2. The van der Waals surface area contributed by atoms with Crippen LogP contribution in [0.5, 0.6) is 0 Å². The average Bonchev–Trinajstić information content (AvgIpc) is 3.10. The Bertz CT molecular complexity index is 1110. The van der Waals surface area contributed by atoms with Gasteiger partial charge in [-0.25, -0.2) is 18.4 Å². The van der Waals surface area contributed by atoms with Crippen LogP contribution in [-0.4, -0.2) is 31.9 Å². The van der Waals surface area contributed by atoms with Crippen molar-refractivity contribution in [1.29, 1.82) is 0 Å². The number of anilines is 1. The molecule has 4 rings (SSSR count). The lowest BCUT2D eigenvalue weighted by atomic mass is 9.94. The third-order valence-corrected chi connectivity index (χ3v) is 5.34. The topological polar surface area (TPSA) is 73.0 Å². The van der Waals surface area contributed by atoms with Gasteiger partial charge in [0.2, 0.25) is 0 Å². The van der Waals surface area contributed by atoms with Crippen molar-refractivity contribution in [3.8, 4) is 5.69 Å². The molecule has 30 heavy (non-hydrogen) atoms. The lowest BCUT2D eigenvalue weighted by molar-refractivity contribution is 0.238. The monoisotopic (exact) mass is 413 g/mol. The number of para-hydroxylation sites is 1. The van der Waals surface area contributed by atoms with Crippen molar-refractivity contribution >= 4 is 11.7 Å². The van der Waals surface area contributed by atoms with Crippen LogP contribution in [0.3, 0.4) is 0 Å². The Hall–Kier alpha value is -3.36. The molecule has 2 aromatic carbocycles. The number of rotatable bonds is 3. The minimum absolute atomic E-state index is 0.102. The molecular weight excluding hydrogens is 392 g/mol. The summed E-state index contributed by atoms with van der Waals surface area (Å²) in [6.45, 7) is 1.91. The van der Waals surface area contributed by atoms with Gasteiger partial charge in [-0.1, -0.05) is 37.5 Å². The van der Waals surface area contributed by atoms with Gasteiger partial charge in [0.15, 0.2) is 11.6 Å². The van der Waals surface area contributed by atoms with Crippen molar-refractivity contribution in [3.05, 3.63) is 70.1 Å². The minimum atomic E-state index is -1.03. The first-order valence-corrected chi connectivity index (χ1v) is 9.87. The van der Waals surface area contributed by atoms with Gasteiger partial charge in [0.05, 0.1) is 0 Å². The average molecular weight is 413 g/mol. The molecule has 0 aliphatic heterocycles. The number of carbonyl (C=O) groups excluding carboxylic acids is 1. The molecule has 0 bridgehead atoms. The smallest absolute Gasteiger partial charge is 0.289 e. The van der Waals surface area contributed by atoms with E-state index in [1.54, 1.807) is 11.0 Å². The second kappa shape index (κ2) is 8.17. The Morgan fingerprint density at radius 1 is 1.03 bits per heavy atom. The van der Waals surface area contributed by atoms with E-state index >= 15 is 0 Å². The number of benzene rings is 2. The Kier molecular flexibility index (Phi) is 5.43. The third-order valence-electron chi connectivity index (χ3n) is 5.34. The van der Waals surface area contributed by atoms with Crippen molar-refractivity contribution in [3.63, 3.8) is 0 Å². The molecule has 1 heterocycles. The van der Waals surface area contributed by atoms with Crippen LogP contribution >= 0.6 is 0 Å². The van der Waals surface area contributed by atoms with Gasteiger partial charge >= 0.3 is 11.7 Å². The maximum absolute atomic E-state index is 14.1. The van der Waals surface area contributed by atoms with E-state index in [1.165, 1.54) is 6.07 Å². The summed E-state index contributed by atoms with van der Waals surface area (Å²) in [4.78, 5) is 27.7. The van der Waals surface area contributed by atoms with E-state index in [4.69, 9.17) is 0 Å². The molecule has 1 saturated carbocycles. The number of amides is 1. The SMILES string of the molecule is Cc1cccc(N(C(=O)n2nnn(-c3c(F)cccc3F)c2=O)C2CCCCC2)c1. The predicted molar refractivity (Wildman–Crippen MR) is 107 cm³/mol. The molecule has 1 aliphatic rings. The highest BCUT2D eigenvalue weighted by molar-refractivity contribution is 5.93. The van der Waals surface area contributed by atoms with Gasteiger partial charge < -0.3 is 0 Å². The van der Waals surface area contributed by atoms with Crippen LogP contribution in [-0.2, 0) is 0 Å². The highest BCUT2D eigenvalue weighted by Gasteiger charge is 2.31. The largest absolute Gasteiger partial charge is 0.377 e. The molecule has 0 N–H and O–H groups in total. The Morgan fingerprint density at radius 3 is 2.37 bits per heavy atom. The Labute approximate surface area is 171 Å². The molecule has 156 valence electrons. The van der Waals surface area contributed by atoms with E-state index in [0.717, 1.165) is 49.8 Å². The van der Waals surface area contributed by atoms with Gasteiger partial charge in [0.1, 0.15) is 5.69 Å². The number of halogens is 2. The van der Waals surface area contributed by atoms with E-state index < -0.39 is 29.0 Å². The van der Waals surface area contributed by atoms with Gasteiger partial charge in [0.25, 0.3) is 0 Å². The summed E-state index contributed by atoms with van der Waals surface area (Å²) in [6.07, 6.45) is 4.63. The summed E-state index contributed by atoms with van der Waals surface area (Å²) in [5.41, 5.74) is -0.0882. The van der Waals surface area contributed by atoms with E-state index in [9.17, 15) is 18.4 Å². The summed E-state index contributed by atoms with van der Waals surface area (Å²) < 4.78 is 29.3. The van der Waals surface area contributed by atoms with Crippen molar-refractivity contribution in [1.82, 2.24) is 19.8 Å². The van der Waals surface area contributed by atoms with Crippen LogP contribution in [0.25, 0.3) is 5.69 Å². The lowest BCUT2D eigenvalue weighted by Crippen LogP contribution is -2.47. The quantitative estimate of drug-likeness (QED) is 0.612.